The zero-order chi connectivity index (χ0) is 12.7. The Morgan fingerprint density at radius 1 is 1.06 bits per heavy atom. The third-order valence-electron chi connectivity index (χ3n) is 1.75. The standard InChI is InChI=1S/C10H15NO5/c1-7(2)10(14)11(5-8(12)15-3)6-9(13)16-4/h1,5-6H2,2-4H3. The fraction of sp³-hybridized carbons (Fsp3) is 0.500. The second kappa shape index (κ2) is 6.60. The fourth-order valence-corrected chi connectivity index (χ4v) is 0.910. The van der Waals surface area contributed by atoms with E-state index in [9.17, 15) is 14.4 Å². The maximum absolute atomic E-state index is 11.6. The second-order valence-corrected chi connectivity index (χ2v) is 3.09. The quantitative estimate of drug-likeness (QED) is 0.479. The summed E-state index contributed by atoms with van der Waals surface area (Å²) in [5.74, 6) is -1.71. The van der Waals surface area contributed by atoms with Crippen LogP contribution < -0.4 is 0 Å². The molecule has 16 heavy (non-hydrogen) atoms. The summed E-state index contributed by atoms with van der Waals surface area (Å²) in [5.41, 5.74) is 0.229. The smallest absolute Gasteiger partial charge is 0.325 e. The normalized spacial score (nSPS) is 9.19. The van der Waals surface area contributed by atoms with E-state index in [0.717, 1.165) is 4.90 Å². The molecule has 0 spiro atoms. The number of ether oxygens (including phenoxy) is 2. The molecule has 0 unspecified atom stereocenters. The minimum atomic E-state index is -0.612. The number of amides is 1. The van der Waals surface area contributed by atoms with Crippen molar-refractivity contribution < 1.29 is 23.9 Å². The Hall–Kier alpha value is -1.85. The molecule has 0 aromatic heterocycles. The van der Waals surface area contributed by atoms with Crippen LogP contribution in [-0.2, 0) is 23.9 Å². The van der Waals surface area contributed by atoms with E-state index in [1.54, 1.807) is 0 Å². The van der Waals surface area contributed by atoms with Gasteiger partial charge >= 0.3 is 11.9 Å². The fourth-order valence-electron chi connectivity index (χ4n) is 0.910. The molecule has 0 N–H and O–H groups in total. The van der Waals surface area contributed by atoms with Gasteiger partial charge in [-0.05, 0) is 6.92 Å². The molecule has 0 saturated carbocycles. The highest BCUT2D eigenvalue weighted by Gasteiger charge is 2.21. The molecule has 0 aromatic carbocycles. The molecule has 0 heterocycles. The molecule has 0 aromatic rings. The first kappa shape index (κ1) is 14.2. The summed E-state index contributed by atoms with van der Waals surface area (Å²) in [7, 11) is 2.40. The Kier molecular flexibility index (Phi) is 5.84. The molecule has 0 saturated heterocycles. The zero-order valence-electron chi connectivity index (χ0n) is 9.61. The topological polar surface area (TPSA) is 72.9 Å². The third kappa shape index (κ3) is 4.59. The van der Waals surface area contributed by atoms with Crippen molar-refractivity contribution in [3.05, 3.63) is 12.2 Å². The molecular weight excluding hydrogens is 214 g/mol. The number of hydrogen-bond acceptors (Lipinski definition) is 5. The SMILES string of the molecule is C=C(C)C(=O)N(CC(=O)OC)CC(=O)OC. The molecule has 0 aliphatic carbocycles. The Morgan fingerprint density at radius 2 is 1.44 bits per heavy atom. The molecule has 0 rings (SSSR count). The molecule has 0 aliphatic heterocycles. The molecule has 90 valence electrons. The van der Waals surface area contributed by atoms with E-state index >= 15 is 0 Å². The summed E-state index contributed by atoms with van der Waals surface area (Å²) < 4.78 is 8.82. The van der Waals surface area contributed by atoms with E-state index in [-0.39, 0.29) is 18.7 Å². The molecule has 0 fully saturated rings. The minimum absolute atomic E-state index is 0.229. The number of rotatable bonds is 5. The van der Waals surface area contributed by atoms with Crippen molar-refractivity contribution in [1.82, 2.24) is 4.90 Å². The first-order valence-electron chi connectivity index (χ1n) is 4.50. The van der Waals surface area contributed by atoms with Gasteiger partial charge < -0.3 is 14.4 Å². The average Bonchev–Trinajstić information content (AvgIpc) is 2.26. The van der Waals surface area contributed by atoms with Gasteiger partial charge in [-0.1, -0.05) is 6.58 Å². The van der Waals surface area contributed by atoms with E-state index in [1.807, 2.05) is 0 Å². The summed E-state index contributed by atoms with van der Waals surface area (Å²) in [6.45, 7) is 4.32. The lowest BCUT2D eigenvalue weighted by Gasteiger charge is -2.19. The number of methoxy groups -OCH3 is 2. The van der Waals surface area contributed by atoms with Crippen LogP contribution in [-0.4, -0.2) is 50.1 Å². The Bertz CT molecular complexity index is 292. The maximum atomic E-state index is 11.6. The van der Waals surface area contributed by atoms with Gasteiger partial charge in [0.2, 0.25) is 5.91 Å². The molecule has 0 atom stereocenters. The van der Waals surface area contributed by atoms with Crippen LogP contribution in [0.1, 0.15) is 6.92 Å². The minimum Gasteiger partial charge on any atom is -0.468 e. The van der Waals surface area contributed by atoms with E-state index in [2.05, 4.69) is 16.1 Å². The Morgan fingerprint density at radius 3 is 1.69 bits per heavy atom. The summed E-state index contributed by atoms with van der Waals surface area (Å²) >= 11 is 0. The van der Waals surface area contributed by atoms with Crippen LogP contribution in [0.2, 0.25) is 0 Å². The number of hydrogen-bond donors (Lipinski definition) is 0. The highest BCUT2D eigenvalue weighted by molar-refractivity contribution is 5.96. The summed E-state index contributed by atoms with van der Waals surface area (Å²) in [6, 6.07) is 0. The predicted octanol–water partition coefficient (Wildman–Crippen LogP) is -0.263. The van der Waals surface area contributed by atoms with Gasteiger partial charge in [-0.3, -0.25) is 14.4 Å². The van der Waals surface area contributed by atoms with Crippen LogP contribution in [0.5, 0.6) is 0 Å². The van der Waals surface area contributed by atoms with Gasteiger partial charge in [0.05, 0.1) is 14.2 Å². The highest BCUT2D eigenvalue weighted by Crippen LogP contribution is 2.00. The lowest BCUT2D eigenvalue weighted by Crippen LogP contribution is -2.40. The van der Waals surface area contributed by atoms with Gasteiger partial charge in [0, 0.05) is 5.57 Å². The van der Waals surface area contributed by atoms with Crippen LogP contribution >= 0.6 is 0 Å². The van der Waals surface area contributed by atoms with Crippen LogP contribution in [0.25, 0.3) is 0 Å². The molecule has 1 amide bonds. The molecule has 0 radical (unpaired) electrons. The highest BCUT2D eigenvalue weighted by atomic mass is 16.5. The van der Waals surface area contributed by atoms with E-state index in [4.69, 9.17) is 0 Å². The molecule has 6 heteroatoms. The van der Waals surface area contributed by atoms with Gasteiger partial charge in [0.1, 0.15) is 13.1 Å². The monoisotopic (exact) mass is 229 g/mol. The largest absolute Gasteiger partial charge is 0.468 e. The van der Waals surface area contributed by atoms with Gasteiger partial charge in [0.15, 0.2) is 0 Å². The Labute approximate surface area is 93.8 Å². The van der Waals surface area contributed by atoms with Crippen LogP contribution in [0.15, 0.2) is 12.2 Å². The predicted molar refractivity (Wildman–Crippen MR) is 55.4 cm³/mol. The summed E-state index contributed by atoms with van der Waals surface area (Å²) in [4.78, 5) is 34.6. The summed E-state index contributed by atoms with van der Waals surface area (Å²) in [5, 5.41) is 0. The van der Waals surface area contributed by atoms with Gasteiger partial charge in [-0.25, -0.2) is 0 Å². The molecule has 0 aliphatic rings. The summed E-state index contributed by atoms with van der Waals surface area (Å²) in [6.07, 6.45) is 0. The molecular formula is C10H15NO5. The van der Waals surface area contributed by atoms with Gasteiger partial charge in [0.25, 0.3) is 0 Å². The lowest BCUT2D eigenvalue weighted by molar-refractivity contribution is -0.150. The Balaban J connectivity index is 4.62. The number of nitrogens with zero attached hydrogens (tertiary/aromatic N) is 1. The molecule has 0 bridgehead atoms. The first-order valence-corrected chi connectivity index (χ1v) is 4.50. The van der Waals surface area contributed by atoms with E-state index in [0.29, 0.717) is 0 Å². The third-order valence-corrected chi connectivity index (χ3v) is 1.75. The zero-order valence-corrected chi connectivity index (χ0v) is 9.61. The average molecular weight is 229 g/mol. The number of carbonyl (C=O) groups excluding carboxylic acids is 3. The van der Waals surface area contributed by atoms with E-state index in [1.165, 1.54) is 21.1 Å². The van der Waals surface area contributed by atoms with Crippen molar-refractivity contribution in [3.8, 4) is 0 Å². The van der Waals surface area contributed by atoms with Crippen molar-refractivity contribution in [2.75, 3.05) is 27.3 Å². The number of carbonyl (C=O) groups is 3. The van der Waals surface area contributed by atoms with Crippen molar-refractivity contribution in [2.24, 2.45) is 0 Å². The van der Waals surface area contributed by atoms with Gasteiger partial charge in [-0.2, -0.15) is 0 Å². The molecule has 6 nitrogen and oxygen atoms in total. The van der Waals surface area contributed by atoms with Crippen molar-refractivity contribution in [1.29, 1.82) is 0 Å². The van der Waals surface area contributed by atoms with Crippen LogP contribution in [0.3, 0.4) is 0 Å². The van der Waals surface area contributed by atoms with E-state index < -0.39 is 17.8 Å². The maximum Gasteiger partial charge on any atom is 0.325 e. The van der Waals surface area contributed by atoms with Crippen molar-refractivity contribution in [3.63, 3.8) is 0 Å². The van der Waals surface area contributed by atoms with Crippen LogP contribution in [0, 0.1) is 0 Å². The first-order chi connectivity index (χ1) is 7.42. The van der Waals surface area contributed by atoms with Crippen LogP contribution in [0.4, 0.5) is 0 Å². The number of esters is 2. The van der Waals surface area contributed by atoms with Crippen molar-refractivity contribution in [2.45, 2.75) is 6.92 Å². The second-order valence-electron chi connectivity index (χ2n) is 3.09. The van der Waals surface area contributed by atoms with Gasteiger partial charge in [-0.15, -0.1) is 0 Å². The van der Waals surface area contributed by atoms with Crippen molar-refractivity contribution >= 4 is 17.8 Å². The lowest BCUT2D eigenvalue weighted by atomic mass is 10.3.